The van der Waals surface area contributed by atoms with Crippen molar-refractivity contribution < 1.29 is 9.84 Å². The number of aliphatic hydroxyl groups is 1. The van der Waals surface area contributed by atoms with Gasteiger partial charge in [0.2, 0.25) is 0 Å². The molecule has 1 aliphatic carbocycles. The maximum absolute atomic E-state index is 10.2. The van der Waals surface area contributed by atoms with Crippen LogP contribution in [0.5, 0.6) is 0 Å². The summed E-state index contributed by atoms with van der Waals surface area (Å²) < 4.78 is 5.77. The third kappa shape index (κ3) is 7.50. The van der Waals surface area contributed by atoms with Crippen LogP contribution in [0.2, 0.25) is 0 Å². The van der Waals surface area contributed by atoms with Crippen LogP contribution in [0.15, 0.2) is 35.5 Å². The first-order valence-electron chi connectivity index (χ1n) is 9.01. The Balaban J connectivity index is 3.01. The summed E-state index contributed by atoms with van der Waals surface area (Å²) in [6.45, 7) is 11.0. The molecule has 0 spiro atoms. The van der Waals surface area contributed by atoms with Gasteiger partial charge in [0.1, 0.15) is 0 Å². The summed E-state index contributed by atoms with van der Waals surface area (Å²) in [6, 6.07) is 0. The normalized spacial score (nSPS) is 31.5. The monoisotopic (exact) mass is 320 g/mol. The highest BCUT2D eigenvalue weighted by Crippen LogP contribution is 2.26. The quantitative estimate of drug-likeness (QED) is 0.687. The van der Waals surface area contributed by atoms with Crippen LogP contribution in [-0.2, 0) is 4.74 Å². The Morgan fingerprint density at radius 1 is 1.26 bits per heavy atom. The van der Waals surface area contributed by atoms with E-state index in [1.54, 1.807) is 7.11 Å². The van der Waals surface area contributed by atoms with Crippen LogP contribution in [-0.4, -0.2) is 23.9 Å². The molecular weight excluding hydrogens is 284 g/mol. The lowest BCUT2D eigenvalue weighted by atomic mass is 9.86. The van der Waals surface area contributed by atoms with Crippen molar-refractivity contribution in [3.63, 3.8) is 0 Å². The second-order valence-electron chi connectivity index (χ2n) is 7.70. The maximum Gasteiger partial charge on any atom is 0.0833 e. The molecule has 0 aliphatic heterocycles. The van der Waals surface area contributed by atoms with E-state index in [4.69, 9.17) is 4.74 Å². The van der Waals surface area contributed by atoms with Crippen molar-refractivity contribution in [1.82, 2.24) is 0 Å². The van der Waals surface area contributed by atoms with Crippen molar-refractivity contribution in [3.8, 4) is 0 Å². The van der Waals surface area contributed by atoms with E-state index >= 15 is 0 Å². The number of methoxy groups -OCH3 is 1. The van der Waals surface area contributed by atoms with E-state index in [-0.39, 0.29) is 11.7 Å². The Bertz CT molecular complexity index is 445. The summed E-state index contributed by atoms with van der Waals surface area (Å²) in [5.41, 5.74) is 2.33. The van der Waals surface area contributed by atoms with Crippen LogP contribution in [0.4, 0.5) is 0 Å². The van der Waals surface area contributed by atoms with Gasteiger partial charge in [0.05, 0.1) is 11.7 Å². The highest BCUT2D eigenvalue weighted by atomic mass is 16.5. The molecule has 0 aromatic heterocycles. The molecule has 1 N–H and O–H groups in total. The van der Waals surface area contributed by atoms with Crippen LogP contribution >= 0.6 is 0 Å². The van der Waals surface area contributed by atoms with Crippen molar-refractivity contribution in [2.24, 2.45) is 11.8 Å². The summed E-state index contributed by atoms with van der Waals surface area (Å²) in [6.07, 6.45) is 13.3. The molecule has 23 heavy (non-hydrogen) atoms. The predicted molar refractivity (Wildman–Crippen MR) is 99.5 cm³/mol. The molecule has 132 valence electrons. The summed E-state index contributed by atoms with van der Waals surface area (Å²) in [5, 5.41) is 10.2. The average molecular weight is 321 g/mol. The molecule has 0 aromatic rings. The molecule has 0 saturated carbocycles. The number of allylic oxidation sites excluding steroid dienone is 3. The van der Waals surface area contributed by atoms with Gasteiger partial charge >= 0.3 is 0 Å². The highest BCUT2D eigenvalue weighted by molar-refractivity contribution is 5.11. The molecular formula is C21H36O2. The summed E-state index contributed by atoms with van der Waals surface area (Å²) in [7, 11) is 1.80. The highest BCUT2D eigenvalue weighted by Gasteiger charge is 2.20. The molecule has 0 aromatic carbocycles. The zero-order valence-electron chi connectivity index (χ0n) is 15.9. The average Bonchev–Trinajstić information content (AvgIpc) is 2.45. The van der Waals surface area contributed by atoms with E-state index in [9.17, 15) is 5.11 Å². The zero-order valence-corrected chi connectivity index (χ0v) is 15.9. The predicted octanol–water partition coefficient (Wildman–Crippen LogP) is 5.44. The molecule has 3 atom stereocenters. The van der Waals surface area contributed by atoms with Gasteiger partial charge < -0.3 is 9.84 Å². The summed E-state index contributed by atoms with van der Waals surface area (Å²) in [4.78, 5) is 0. The van der Waals surface area contributed by atoms with E-state index < -0.39 is 0 Å². The van der Waals surface area contributed by atoms with Crippen LogP contribution in [0.1, 0.15) is 66.7 Å². The van der Waals surface area contributed by atoms with E-state index in [2.05, 4.69) is 52.8 Å². The van der Waals surface area contributed by atoms with Crippen molar-refractivity contribution >= 4 is 0 Å². The minimum atomic E-state index is -0.365. The number of hydrogen-bond acceptors (Lipinski definition) is 2. The Morgan fingerprint density at radius 3 is 2.57 bits per heavy atom. The van der Waals surface area contributed by atoms with Crippen molar-refractivity contribution in [1.29, 1.82) is 0 Å². The van der Waals surface area contributed by atoms with E-state index in [0.29, 0.717) is 11.8 Å². The molecule has 3 unspecified atom stereocenters. The van der Waals surface area contributed by atoms with Gasteiger partial charge in [0.25, 0.3) is 0 Å². The molecule has 0 fully saturated rings. The molecule has 1 rings (SSSR count). The van der Waals surface area contributed by atoms with Crippen LogP contribution in [0.3, 0.4) is 0 Å². The largest absolute Gasteiger partial charge is 0.389 e. The Labute approximate surface area is 143 Å². The molecule has 0 radical (unpaired) electrons. The fraction of sp³-hybridized carbons (Fsp3) is 0.714. The van der Waals surface area contributed by atoms with Crippen LogP contribution < -0.4 is 0 Å². The third-order valence-corrected chi connectivity index (χ3v) is 5.03. The Hall–Kier alpha value is -0.860. The minimum absolute atomic E-state index is 0.211. The maximum atomic E-state index is 10.2. The number of aliphatic hydroxyl groups excluding tert-OH is 1. The Kier molecular flexibility index (Phi) is 8.28. The van der Waals surface area contributed by atoms with Crippen molar-refractivity contribution in [3.05, 3.63) is 35.5 Å². The zero-order chi connectivity index (χ0) is 17.5. The summed E-state index contributed by atoms with van der Waals surface area (Å²) >= 11 is 0. The van der Waals surface area contributed by atoms with Crippen LogP contribution in [0, 0.1) is 11.8 Å². The van der Waals surface area contributed by atoms with Gasteiger partial charge in [-0.2, -0.15) is 0 Å². The summed E-state index contributed by atoms with van der Waals surface area (Å²) in [5.74, 6) is 1.16. The van der Waals surface area contributed by atoms with Gasteiger partial charge in [-0.05, 0) is 64.7 Å². The molecule has 2 nitrogen and oxygen atoms in total. The smallest absolute Gasteiger partial charge is 0.0833 e. The van der Waals surface area contributed by atoms with Crippen molar-refractivity contribution in [2.75, 3.05) is 7.11 Å². The van der Waals surface area contributed by atoms with Gasteiger partial charge in [-0.3, -0.25) is 0 Å². The van der Waals surface area contributed by atoms with Gasteiger partial charge in [-0.15, -0.1) is 0 Å². The van der Waals surface area contributed by atoms with E-state index in [0.717, 1.165) is 32.1 Å². The number of rotatable bonds is 2. The number of hydrogen-bond donors (Lipinski definition) is 1. The van der Waals surface area contributed by atoms with Gasteiger partial charge in [-0.1, -0.05) is 49.3 Å². The molecule has 0 saturated heterocycles. The Morgan fingerprint density at radius 2 is 1.96 bits per heavy atom. The first kappa shape index (κ1) is 20.2. The topological polar surface area (TPSA) is 29.5 Å². The molecule has 2 heteroatoms. The second-order valence-corrected chi connectivity index (χ2v) is 7.70. The minimum Gasteiger partial charge on any atom is -0.389 e. The molecule has 0 heterocycles. The van der Waals surface area contributed by atoms with Crippen LogP contribution in [0.25, 0.3) is 0 Å². The third-order valence-electron chi connectivity index (χ3n) is 5.03. The standard InChI is InChI=1S/C21H36O2/c1-16(2)19-10-9-18(4)15-20(22)14-17(3)8-7-12-21(5,23-6)13-11-19/h8,11,13,15-16,19-20,22H,7,9-10,12,14H2,1-6H3. The van der Waals surface area contributed by atoms with E-state index in [1.807, 2.05) is 6.08 Å². The lowest BCUT2D eigenvalue weighted by Gasteiger charge is -2.26. The fourth-order valence-electron chi connectivity index (χ4n) is 3.12. The second kappa shape index (κ2) is 9.44. The van der Waals surface area contributed by atoms with E-state index in [1.165, 1.54) is 11.1 Å². The molecule has 0 bridgehead atoms. The fourth-order valence-corrected chi connectivity index (χ4v) is 3.12. The molecule has 0 amide bonds. The molecule has 1 aliphatic rings. The van der Waals surface area contributed by atoms with Gasteiger partial charge in [0, 0.05) is 7.11 Å². The van der Waals surface area contributed by atoms with Gasteiger partial charge in [0.15, 0.2) is 0 Å². The number of ether oxygens (including phenoxy) is 1. The first-order valence-corrected chi connectivity index (χ1v) is 9.01. The lowest BCUT2D eigenvalue weighted by Crippen LogP contribution is -2.24. The lowest BCUT2D eigenvalue weighted by molar-refractivity contribution is 0.0415. The van der Waals surface area contributed by atoms with Crippen molar-refractivity contribution in [2.45, 2.75) is 78.4 Å². The van der Waals surface area contributed by atoms with Gasteiger partial charge in [-0.25, -0.2) is 0 Å². The SMILES string of the molecule is COC1(C)C=CC(C(C)C)CCC(C)=CC(O)CC(C)=CCC1. The first-order chi connectivity index (χ1) is 10.8.